The predicted octanol–water partition coefficient (Wildman–Crippen LogP) is 3.62. The van der Waals surface area contributed by atoms with Crippen LogP contribution in [0.5, 0.6) is 11.5 Å². The van der Waals surface area contributed by atoms with Gasteiger partial charge in [-0.25, -0.2) is 4.98 Å². The molecule has 1 fully saturated rings. The number of rotatable bonds is 7. The summed E-state index contributed by atoms with van der Waals surface area (Å²) in [4.78, 5) is 27.2. The molecule has 1 aliphatic heterocycles. The molecule has 4 heterocycles. The van der Waals surface area contributed by atoms with Crippen LogP contribution in [0, 0.1) is 6.92 Å². The van der Waals surface area contributed by atoms with Gasteiger partial charge in [-0.3, -0.25) is 14.7 Å². The number of pyridine rings is 3. The fraction of sp³-hybridized carbons (Fsp3) is 0.276. The lowest BCUT2D eigenvalue weighted by Crippen LogP contribution is -2.49. The van der Waals surface area contributed by atoms with E-state index in [0.717, 1.165) is 30.0 Å². The predicted molar refractivity (Wildman–Crippen MR) is 143 cm³/mol. The molecule has 1 aromatic carbocycles. The van der Waals surface area contributed by atoms with Crippen molar-refractivity contribution in [2.24, 2.45) is 0 Å². The lowest BCUT2D eigenvalue weighted by Gasteiger charge is -2.40. The van der Waals surface area contributed by atoms with Crippen molar-refractivity contribution in [3.63, 3.8) is 0 Å². The number of aryl methyl sites for hydroxylation is 1. The van der Waals surface area contributed by atoms with Crippen molar-refractivity contribution in [3.05, 3.63) is 112 Å². The molecule has 0 bridgehead atoms. The number of methoxy groups -OCH3 is 1. The second kappa shape index (κ2) is 10.8. The molecule has 1 atom stereocenters. The summed E-state index contributed by atoms with van der Waals surface area (Å²) in [6.07, 6.45) is 5.27. The maximum Gasteiger partial charge on any atom is 0.259 e. The fourth-order valence-corrected chi connectivity index (χ4v) is 5.02. The van der Waals surface area contributed by atoms with E-state index < -0.39 is 6.04 Å². The van der Waals surface area contributed by atoms with Gasteiger partial charge in [0.15, 0.2) is 0 Å². The third-order valence-corrected chi connectivity index (χ3v) is 6.92. The molecule has 0 spiro atoms. The van der Waals surface area contributed by atoms with Crippen molar-refractivity contribution in [1.82, 2.24) is 19.4 Å². The summed E-state index contributed by atoms with van der Waals surface area (Å²) in [5.41, 5.74) is 2.68. The molecule has 0 radical (unpaired) electrons. The standard InChI is InChI=1S/C29H31N5O3/c1-21-17-25(35)27(29(36)34(21)20-22-7-6-11-30-19-22)28(23-8-5-9-24(18-23)37-2)33-15-13-32(14-16-33)26-10-3-4-12-31-26/h3-12,17-19,28,35H,13-16,20H2,1-2H3/t28-/m1/s1. The van der Waals surface area contributed by atoms with Gasteiger partial charge in [-0.1, -0.05) is 24.3 Å². The number of piperazine rings is 1. The van der Waals surface area contributed by atoms with Crippen LogP contribution in [0.4, 0.5) is 5.82 Å². The van der Waals surface area contributed by atoms with Crippen molar-refractivity contribution in [2.45, 2.75) is 19.5 Å². The minimum absolute atomic E-state index is 0.00455. The van der Waals surface area contributed by atoms with Crippen LogP contribution in [0.3, 0.4) is 0 Å². The monoisotopic (exact) mass is 497 g/mol. The molecule has 1 N–H and O–H groups in total. The summed E-state index contributed by atoms with van der Waals surface area (Å²) in [5.74, 6) is 1.65. The van der Waals surface area contributed by atoms with Gasteiger partial charge in [-0.05, 0) is 54.4 Å². The molecule has 190 valence electrons. The Bertz CT molecular complexity index is 1400. The average molecular weight is 498 g/mol. The van der Waals surface area contributed by atoms with Crippen molar-refractivity contribution in [1.29, 1.82) is 0 Å². The average Bonchev–Trinajstić information content (AvgIpc) is 2.94. The first kappa shape index (κ1) is 24.5. The minimum atomic E-state index is -0.436. The number of hydrogen-bond donors (Lipinski definition) is 1. The van der Waals surface area contributed by atoms with Crippen LogP contribution in [0.25, 0.3) is 0 Å². The summed E-state index contributed by atoms with van der Waals surface area (Å²) < 4.78 is 7.21. The van der Waals surface area contributed by atoms with Crippen molar-refractivity contribution < 1.29 is 9.84 Å². The molecule has 0 saturated carbocycles. The molecule has 0 unspecified atom stereocenters. The Kier molecular flexibility index (Phi) is 7.18. The highest BCUT2D eigenvalue weighted by Gasteiger charge is 2.32. The van der Waals surface area contributed by atoms with Gasteiger partial charge in [-0.15, -0.1) is 0 Å². The van der Waals surface area contributed by atoms with E-state index in [1.165, 1.54) is 0 Å². The van der Waals surface area contributed by atoms with Gasteiger partial charge in [-0.2, -0.15) is 0 Å². The van der Waals surface area contributed by atoms with Crippen molar-refractivity contribution >= 4 is 5.82 Å². The number of nitrogens with zero attached hydrogens (tertiary/aromatic N) is 5. The first-order chi connectivity index (χ1) is 18.0. The first-order valence-corrected chi connectivity index (χ1v) is 12.4. The molecule has 8 nitrogen and oxygen atoms in total. The zero-order chi connectivity index (χ0) is 25.8. The highest BCUT2D eigenvalue weighted by atomic mass is 16.5. The molecule has 37 heavy (non-hydrogen) atoms. The van der Waals surface area contributed by atoms with Gasteiger partial charge in [0.1, 0.15) is 17.3 Å². The third-order valence-electron chi connectivity index (χ3n) is 6.92. The Hall–Kier alpha value is -4.17. The molecule has 3 aromatic heterocycles. The van der Waals surface area contributed by atoms with Gasteiger partial charge in [0, 0.05) is 50.5 Å². The summed E-state index contributed by atoms with van der Waals surface area (Å²) in [6.45, 7) is 5.14. The van der Waals surface area contributed by atoms with Gasteiger partial charge in [0.25, 0.3) is 5.56 Å². The minimum Gasteiger partial charge on any atom is -0.507 e. The van der Waals surface area contributed by atoms with Gasteiger partial charge in [0.05, 0.1) is 25.3 Å². The Morgan fingerprint density at radius 3 is 2.54 bits per heavy atom. The van der Waals surface area contributed by atoms with Crippen molar-refractivity contribution in [2.75, 3.05) is 38.2 Å². The van der Waals surface area contributed by atoms with Crippen LogP contribution >= 0.6 is 0 Å². The van der Waals surface area contributed by atoms with E-state index in [0.29, 0.717) is 36.6 Å². The smallest absolute Gasteiger partial charge is 0.259 e. The van der Waals surface area contributed by atoms with E-state index in [1.54, 1.807) is 36.3 Å². The SMILES string of the molecule is COc1cccc([C@H](c2c(O)cc(C)n(Cc3cccnc3)c2=O)N2CCN(c3ccccn3)CC2)c1. The molecule has 0 aliphatic carbocycles. The molecule has 8 heteroatoms. The lowest BCUT2D eigenvalue weighted by molar-refractivity contribution is 0.207. The first-order valence-electron chi connectivity index (χ1n) is 12.4. The fourth-order valence-electron chi connectivity index (χ4n) is 5.02. The zero-order valence-electron chi connectivity index (χ0n) is 21.1. The third kappa shape index (κ3) is 5.20. The van der Waals surface area contributed by atoms with Gasteiger partial charge >= 0.3 is 0 Å². The molecular formula is C29H31N5O3. The normalized spacial score (nSPS) is 14.9. The van der Waals surface area contributed by atoms with Crippen LogP contribution in [-0.4, -0.2) is 57.8 Å². The highest BCUT2D eigenvalue weighted by molar-refractivity contribution is 5.44. The largest absolute Gasteiger partial charge is 0.507 e. The zero-order valence-corrected chi connectivity index (χ0v) is 21.1. The number of aromatic nitrogens is 3. The van der Waals surface area contributed by atoms with E-state index >= 15 is 0 Å². The molecule has 4 aromatic rings. The van der Waals surface area contributed by atoms with Crippen LogP contribution in [0.2, 0.25) is 0 Å². The Balaban J connectivity index is 1.55. The molecule has 1 aliphatic rings. The van der Waals surface area contributed by atoms with Crippen LogP contribution in [0.15, 0.2) is 84.0 Å². The summed E-state index contributed by atoms with van der Waals surface area (Å²) in [6, 6.07) is 18.7. The van der Waals surface area contributed by atoms with Gasteiger partial charge in [0.2, 0.25) is 0 Å². The number of anilines is 1. The van der Waals surface area contributed by atoms with Crippen LogP contribution in [0.1, 0.15) is 28.4 Å². The maximum atomic E-state index is 14.0. The molecular weight excluding hydrogens is 466 g/mol. The summed E-state index contributed by atoms with van der Waals surface area (Å²) in [7, 11) is 1.63. The second-order valence-corrected chi connectivity index (χ2v) is 9.23. The van der Waals surface area contributed by atoms with Crippen molar-refractivity contribution in [3.8, 4) is 11.5 Å². The molecule has 1 saturated heterocycles. The second-order valence-electron chi connectivity index (χ2n) is 9.23. The Labute approximate surface area is 216 Å². The highest BCUT2D eigenvalue weighted by Crippen LogP contribution is 2.35. The van der Waals surface area contributed by atoms with E-state index in [9.17, 15) is 9.90 Å². The van der Waals surface area contributed by atoms with E-state index in [1.807, 2.05) is 61.5 Å². The molecule has 5 rings (SSSR count). The van der Waals surface area contributed by atoms with E-state index in [-0.39, 0.29) is 11.3 Å². The van der Waals surface area contributed by atoms with E-state index in [4.69, 9.17) is 4.74 Å². The number of benzene rings is 1. The van der Waals surface area contributed by atoms with E-state index in [2.05, 4.69) is 19.8 Å². The molecule has 0 amide bonds. The number of aromatic hydroxyl groups is 1. The quantitative estimate of drug-likeness (QED) is 0.418. The summed E-state index contributed by atoms with van der Waals surface area (Å²) >= 11 is 0. The van der Waals surface area contributed by atoms with Crippen LogP contribution in [-0.2, 0) is 6.54 Å². The Morgan fingerprint density at radius 2 is 1.84 bits per heavy atom. The number of hydrogen-bond acceptors (Lipinski definition) is 7. The lowest BCUT2D eigenvalue weighted by atomic mass is 9.95. The maximum absolute atomic E-state index is 14.0. The van der Waals surface area contributed by atoms with Gasteiger partial charge < -0.3 is 19.3 Å². The van der Waals surface area contributed by atoms with Crippen LogP contribution < -0.4 is 15.2 Å². The Morgan fingerprint density at radius 1 is 1.00 bits per heavy atom. The topological polar surface area (TPSA) is 83.7 Å². The summed E-state index contributed by atoms with van der Waals surface area (Å²) in [5, 5.41) is 11.2. The number of ether oxygens (including phenoxy) is 1.